The van der Waals surface area contributed by atoms with E-state index in [1.54, 1.807) is 24.3 Å². The first-order valence-electron chi connectivity index (χ1n) is 6.53. The molecule has 25 heavy (non-hydrogen) atoms. The van der Waals surface area contributed by atoms with Crippen LogP contribution in [0.15, 0.2) is 41.5 Å². The van der Waals surface area contributed by atoms with Crippen LogP contribution in [-0.4, -0.2) is 22.0 Å². The molecule has 0 fully saturated rings. The number of hydrazone groups is 1. The van der Waals surface area contributed by atoms with E-state index in [0.29, 0.717) is 22.7 Å². The molecule has 0 atom stereocenters. The average molecular weight is 364 g/mol. The van der Waals surface area contributed by atoms with Crippen LogP contribution in [0.5, 0.6) is 5.75 Å². The Hall–Kier alpha value is -3.53. The van der Waals surface area contributed by atoms with Crippen molar-refractivity contribution in [3.63, 3.8) is 0 Å². The highest BCUT2D eigenvalue weighted by Crippen LogP contribution is 2.32. The van der Waals surface area contributed by atoms with E-state index >= 15 is 0 Å². The van der Waals surface area contributed by atoms with Crippen LogP contribution in [0.25, 0.3) is 0 Å². The summed E-state index contributed by atoms with van der Waals surface area (Å²) in [5, 5.41) is 37.5. The highest BCUT2D eigenvalue weighted by atomic mass is 35.5. The summed E-state index contributed by atoms with van der Waals surface area (Å²) in [4.78, 5) is 31.6. The van der Waals surface area contributed by atoms with Crippen LogP contribution < -0.4 is 10.5 Å². The summed E-state index contributed by atoms with van der Waals surface area (Å²) in [5.74, 6) is -2.37. The quantitative estimate of drug-likeness (QED) is 0.487. The second kappa shape index (κ2) is 7.36. The molecule has 0 radical (unpaired) electrons. The van der Waals surface area contributed by atoms with Crippen LogP contribution in [-0.2, 0) is 0 Å². The highest BCUT2D eigenvalue weighted by Gasteiger charge is 2.22. The summed E-state index contributed by atoms with van der Waals surface area (Å²) < 4.78 is 0. The van der Waals surface area contributed by atoms with E-state index in [1.807, 2.05) is 5.43 Å². The smallest absolute Gasteiger partial charge is 0.277 e. The molecule has 0 aromatic heterocycles. The van der Waals surface area contributed by atoms with E-state index < -0.39 is 38.4 Å². The molecule has 2 aromatic carbocycles. The van der Waals surface area contributed by atoms with Crippen LogP contribution in [0.4, 0.5) is 11.4 Å². The molecular formula is C14H8ClN4O6-. The molecule has 0 saturated heterocycles. The number of nitro benzene ring substituents is 2. The number of halogens is 1. The summed E-state index contributed by atoms with van der Waals surface area (Å²) >= 11 is 5.89. The first kappa shape index (κ1) is 17.8. The zero-order chi connectivity index (χ0) is 18.6. The topological polar surface area (TPSA) is 151 Å². The molecule has 0 bridgehead atoms. The Morgan fingerprint density at radius 2 is 1.84 bits per heavy atom. The fraction of sp³-hybridized carbons (Fsp3) is 0. The first-order valence-corrected chi connectivity index (χ1v) is 6.91. The van der Waals surface area contributed by atoms with Crippen molar-refractivity contribution < 1.29 is 19.7 Å². The zero-order valence-electron chi connectivity index (χ0n) is 12.2. The normalized spacial score (nSPS) is 10.6. The minimum Gasteiger partial charge on any atom is -0.867 e. The highest BCUT2D eigenvalue weighted by molar-refractivity contribution is 6.33. The largest absolute Gasteiger partial charge is 0.867 e. The van der Waals surface area contributed by atoms with Gasteiger partial charge in [-0.1, -0.05) is 29.8 Å². The van der Waals surface area contributed by atoms with Crippen molar-refractivity contribution in [3.8, 4) is 5.75 Å². The monoisotopic (exact) mass is 363 g/mol. The van der Waals surface area contributed by atoms with Gasteiger partial charge in [0, 0.05) is 22.2 Å². The van der Waals surface area contributed by atoms with Crippen LogP contribution in [0, 0.1) is 20.2 Å². The summed E-state index contributed by atoms with van der Waals surface area (Å²) in [6.07, 6.45) is 1.19. The van der Waals surface area contributed by atoms with Crippen molar-refractivity contribution in [3.05, 3.63) is 72.8 Å². The number of nitrogens with zero attached hydrogens (tertiary/aromatic N) is 3. The third kappa shape index (κ3) is 4.06. The second-order valence-corrected chi connectivity index (χ2v) is 4.98. The van der Waals surface area contributed by atoms with E-state index in [-0.39, 0.29) is 0 Å². The van der Waals surface area contributed by atoms with E-state index in [4.69, 9.17) is 11.6 Å². The van der Waals surface area contributed by atoms with Crippen LogP contribution >= 0.6 is 11.6 Å². The predicted octanol–water partition coefficient (Wildman–Crippen LogP) is 1.99. The number of rotatable bonds is 5. The van der Waals surface area contributed by atoms with Crippen molar-refractivity contribution in [2.45, 2.75) is 0 Å². The number of nitrogens with one attached hydrogen (secondary N) is 1. The molecule has 0 heterocycles. The molecule has 2 aromatic rings. The van der Waals surface area contributed by atoms with Gasteiger partial charge in [-0.25, -0.2) is 5.43 Å². The lowest BCUT2D eigenvalue weighted by Crippen LogP contribution is -2.20. The Labute approximate surface area is 144 Å². The molecule has 1 amide bonds. The SMILES string of the molecule is O=C(N/N=C\c1ccccc1Cl)c1cc([N+](=O)[O-])cc([N+](=O)[O-])c1[O-]. The third-order valence-electron chi connectivity index (χ3n) is 2.98. The van der Waals surface area contributed by atoms with Crippen molar-refractivity contribution >= 4 is 35.1 Å². The molecule has 1 N–H and O–H groups in total. The Morgan fingerprint density at radius 1 is 1.16 bits per heavy atom. The van der Waals surface area contributed by atoms with Gasteiger partial charge in [-0.2, -0.15) is 5.10 Å². The summed E-state index contributed by atoms with van der Waals surface area (Å²) in [6.45, 7) is 0. The summed E-state index contributed by atoms with van der Waals surface area (Å²) in [5.41, 5.74) is -0.155. The lowest BCUT2D eigenvalue weighted by atomic mass is 10.1. The van der Waals surface area contributed by atoms with Gasteiger partial charge in [0.05, 0.1) is 22.1 Å². The minimum absolute atomic E-state index is 0.357. The average Bonchev–Trinajstić information content (AvgIpc) is 2.56. The lowest BCUT2D eigenvalue weighted by molar-refractivity contribution is -0.403. The van der Waals surface area contributed by atoms with Crippen LogP contribution in [0.1, 0.15) is 15.9 Å². The third-order valence-corrected chi connectivity index (χ3v) is 3.33. The molecule has 0 saturated carbocycles. The number of hydrogen-bond donors (Lipinski definition) is 1. The fourth-order valence-corrected chi connectivity index (χ4v) is 1.99. The van der Waals surface area contributed by atoms with E-state index in [2.05, 4.69) is 5.10 Å². The van der Waals surface area contributed by atoms with Crippen LogP contribution in [0.2, 0.25) is 5.02 Å². The number of amides is 1. The van der Waals surface area contributed by atoms with Crippen LogP contribution in [0.3, 0.4) is 0 Å². The lowest BCUT2D eigenvalue weighted by Gasteiger charge is -2.11. The molecule has 0 aliphatic carbocycles. The minimum atomic E-state index is -1.25. The van der Waals surface area contributed by atoms with Gasteiger partial charge in [-0.05, 0) is 11.8 Å². The number of non-ortho nitro benzene ring substituents is 1. The number of nitro groups is 2. The predicted molar refractivity (Wildman–Crippen MR) is 85.7 cm³/mol. The summed E-state index contributed by atoms with van der Waals surface area (Å²) in [6, 6.07) is 7.69. The summed E-state index contributed by atoms with van der Waals surface area (Å²) in [7, 11) is 0. The maximum absolute atomic E-state index is 12.0. The van der Waals surface area contributed by atoms with E-state index in [0.717, 1.165) is 0 Å². The molecule has 0 aliphatic rings. The van der Waals surface area contributed by atoms with Gasteiger partial charge in [0.2, 0.25) is 0 Å². The number of hydrogen-bond acceptors (Lipinski definition) is 7. The van der Waals surface area contributed by atoms with Crippen molar-refractivity contribution in [1.82, 2.24) is 5.43 Å². The Morgan fingerprint density at radius 3 is 2.44 bits per heavy atom. The van der Waals surface area contributed by atoms with Crippen molar-refractivity contribution in [1.29, 1.82) is 0 Å². The standard InChI is InChI=1S/C14H9ClN4O6/c15-11-4-2-1-3-8(11)7-16-17-14(21)10-5-9(18(22)23)6-12(13(10)20)19(24)25/h1-7,20H,(H,17,21)/p-1/b16-7-. The molecule has 128 valence electrons. The molecule has 0 unspecified atom stereocenters. The number of carbonyl (C=O) groups is 1. The molecule has 10 nitrogen and oxygen atoms in total. The van der Waals surface area contributed by atoms with E-state index in [1.165, 1.54) is 6.21 Å². The Balaban J connectivity index is 2.31. The van der Waals surface area contributed by atoms with Gasteiger partial charge in [0.1, 0.15) is 0 Å². The maximum Gasteiger partial charge on any atom is 0.277 e. The van der Waals surface area contributed by atoms with Gasteiger partial charge in [-0.15, -0.1) is 0 Å². The molecule has 0 aliphatic heterocycles. The molecule has 0 spiro atoms. The second-order valence-electron chi connectivity index (χ2n) is 4.58. The molecule has 11 heteroatoms. The van der Waals surface area contributed by atoms with Gasteiger partial charge < -0.3 is 5.11 Å². The fourth-order valence-electron chi connectivity index (χ4n) is 1.81. The van der Waals surface area contributed by atoms with Gasteiger partial charge in [-0.3, -0.25) is 25.0 Å². The number of benzene rings is 2. The van der Waals surface area contributed by atoms with Gasteiger partial charge in [0.25, 0.3) is 17.3 Å². The maximum atomic E-state index is 12.0. The first-order chi connectivity index (χ1) is 11.8. The van der Waals surface area contributed by atoms with Crippen molar-refractivity contribution in [2.75, 3.05) is 0 Å². The Kier molecular flexibility index (Phi) is 5.25. The van der Waals surface area contributed by atoms with Gasteiger partial charge in [0.15, 0.2) is 0 Å². The Bertz CT molecular complexity index is 899. The zero-order valence-corrected chi connectivity index (χ0v) is 13.0. The van der Waals surface area contributed by atoms with Crippen molar-refractivity contribution in [2.24, 2.45) is 5.10 Å². The molecular weight excluding hydrogens is 356 g/mol. The molecule has 2 rings (SSSR count). The van der Waals surface area contributed by atoms with Gasteiger partial charge >= 0.3 is 0 Å². The van der Waals surface area contributed by atoms with E-state index in [9.17, 15) is 30.1 Å². The number of carbonyl (C=O) groups excluding carboxylic acids is 1.